The van der Waals surface area contributed by atoms with Crippen molar-refractivity contribution in [1.29, 1.82) is 0 Å². The lowest BCUT2D eigenvalue weighted by Gasteiger charge is -2.39. The molecule has 3 aromatic rings. The number of methoxy groups -OCH3 is 2. The molecule has 2 heterocycles. The highest BCUT2D eigenvalue weighted by Gasteiger charge is 2.30. The van der Waals surface area contributed by atoms with E-state index < -0.39 is 12.1 Å². The number of aromatic nitrogens is 1. The van der Waals surface area contributed by atoms with Crippen LogP contribution in [0.15, 0.2) is 54.7 Å². The molecule has 7 nitrogen and oxygen atoms in total. The van der Waals surface area contributed by atoms with E-state index in [9.17, 15) is 15.0 Å². The number of carbonyl (C=O) groups is 1. The van der Waals surface area contributed by atoms with Crippen molar-refractivity contribution in [1.82, 2.24) is 9.88 Å². The van der Waals surface area contributed by atoms with Crippen LogP contribution in [0.1, 0.15) is 55.8 Å². The van der Waals surface area contributed by atoms with Crippen molar-refractivity contribution in [3.63, 3.8) is 0 Å². The van der Waals surface area contributed by atoms with E-state index in [1.165, 1.54) is 5.56 Å². The summed E-state index contributed by atoms with van der Waals surface area (Å²) in [6.45, 7) is 2.93. The van der Waals surface area contributed by atoms with Crippen LogP contribution in [-0.4, -0.2) is 59.9 Å². The van der Waals surface area contributed by atoms with Gasteiger partial charge in [0.1, 0.15) is 11.5 Å². The maximum atomic E-state index is 11.4. The van der Waals surface area contributed by atoms with Gasteiger partial charge >= 0.3 is 5.97 Å². The molecule has 2 unspecified atom stereocenters. The van der Waals surface area contributed by atoms with Crippen LogP contribution >= 0.6 is 0 Å². The van der Waals surface area contributed by atoms with Gasteiger partial charge in [-0.2, -0.15) is 0 Å². The van der Waals surface area contributed by atoms with Crippen LogP contribution in [0, 0.1) is 11.8 Å². The number of aryl methyl sites for hydroxylation is 1. The number of fused-ring (bicyclic) bond motifs is 1. The first kappa shape index (κ1) is 27.9. The lowest BCUT2D eigenvalue weighted by atomic mass is 9.79. The summed E-state index contributed by atoms with van der Waals surface area (Å²) in [5.74, 6) is 1.61. The maximum Gasteiger partial charge on any atom is 0.303 e. The number of carboxylic acid groups (broad SMARTS) is 1. The summed E-state index contributed by atoms with van der Waals surface area (Å²) < 4.78 is 10.7. The summed E-state index contributed by atoms with van der Waals surface area (Å²) in [6.07, 6.45) is 6.60. The fraction of sp³-hybridized carbons (Fsp3) is 0.484. The number of pyridine rings is 1. The molecule has 1 aromatic heterocycles. The zero-order valence-corrected chi connectivity index (χ0v) is 22.5. The van der Waals surface area contributed by atoms with Crippen molar-refractivity contribution in [2.24, 2.45) is 11.8 Å². The number of aliphatic hydroxyl groups is 1. The Morgan fingerprint density at radius 3 is 2.68 bits per heavy atom. The number of likely N-dealkylation sites (tertiary alicyclic amines) is 1. The molecule has 0 saturated carbocycles. The van der Waals surface area contributed by atoms with Crippen LogP contribution in [0.4, 0.5) is 0 Å². The molecule has 204 valence electrons. The van der Waals surface area contributed by atoms with E-state index in [0.717, 1.165) is 73.3 Å². The van der Waals surface area contributed by atoms with E-state index in [2.05, 4.69) is 22.0 Å². The molecule has 3 atom stereocenters. The summed E-state index contributed by atoms with van der Waals surface area (Å²) in [4.78, 5) is 18.3. The van der Waals surface area contributed by atoms with Crippen molar-refractivity contribution in [3.05, 3.63) is 65.9 Å². The summed E-state index contributed by atoms with van der Waals surface area (Å²) >= 11 is 0. The lowest BCUT2D eigenvalue weighted by molar-refractivity contribution is -0.137. The van der Waals surface area contributed by atoms with Gasteiger partial charge in [-0.15, -0.1) is 0 Å². The third kappa shape index (κ3) is 7.45. The predicted molar refractivity (Wildman–Crippen MR) is 149 cm³/mol. The Morgan fingerprint density at radius 1 is 1.08 bits per heavy atom. The molecule has 1 aliphatic heterocycles. The van der Waals surface area contributed by atoms with Crippen molar-refractivity contribution in [2.45, 2.75) is 51.0 Å². The van der Waals surface area contributed by atoms with Crippen LogP contribution in [0.2, 0.25) is 0 Å². The molecule has 1 aliphatic rings. The number of aliphatic hydroxyl groups excluding tert-OH is 1. The molecule has 1 fully saturated rings. The smallest absolute Gasteiger partial charge is 0.303 e. The third-order valence-corrected chi connectivity index (χ3v) is 7.93. The molecule has 7 heteroatoms. The fourth-order valence-electron chi connectivity index (χ4n) is 5.80. The third-order valence-electron chi connectivity index (χ3n) is 7.93. The zero-order chi connectivity index (χ0) is 26.9. The van der Waals surface area contributed by atoms with Gasteiger partial charge in [-0.05, 0) is 111 Å². The number of carboxylic acids is 1. The van der Waals surface area contributed by atoms with Gasteiger partial charge in [0.05, 0.1) is 25.8 Å². The number of aliphatic carboxylic acids is 1. The average molecular weight is 521 g/mol. The van der Waals surface area contributed by atoms with Crippen LogP contribution < -0.4 is 9.47 Å². The van der Waals surface area contributed by atoms with Gasteiger partial charge in [0.2, 0.25) is 0 Å². The minimum absolute atomic E-state index is 0.191. The lowest BCUT2D eigenvalue weighted by Crippen LogP contribution is -2.41. The van der Waals surface area contributed by atoms with Crippen molar-refractivity contribution < 1.29 is 24.5 Å². The van der Waals surface area contributed by atoms with Gasteiger partial charge in [-0.3, -0.25) is 9.78 Å². The van der Waals surface area contributed by atoms with Gasteiger partial charge in [0.25, 0.3) is 0 Å². The monoisotopic (exact) mass is 520 g/mol. The quantitative estimate of drug-likeness (QED) is 0.307. The van der Waals surface area contributed by atoms with Gasteiger partial charge in [-0.25, -0.2) is 0 Å². The van der Waals surface area contributed by atoms with Gasteiger partial charge in [-0.1, -0.05) is 12.1 Å². The highest BCUT2D eigenvalue weighted by Crippen LogP contribution is 2.35. The second-order valence-electron chi connectivity index (χ2n) is 10.4. The minimum Gasteiger partial charge on any atom is -0.497 e. The Labute approximate surface area is 225 Å². The Bertz CT molecular complexity index is 1200. The van der Waals surface area contributed by atoms with E-state index in [1.54, 1.807) is 20.4 Å². The molecule has 0 spiro atoms. The molecule has 2 aromatic carbocycles. The molecule has 1 saturated heterocycles. The average Bonchev–Trinajstić information content (AvgIpc) is 2.94. The summed E-state index contributed by atoms with van der Waals surface area (Å²) in [7, 11) is 3.33. The molecule has 0 amide bonds. The first-order valence-corrected chi connectivity index (χ1v) is 13.6. The standard InChI is InChI=1S/C31H40N2O5/c1-37-25-7-3-5-22(19-25)6-4-17-33-18-15-23(24(21-33)9-13-31(35)36)8-12-30(34)27-14-16-32-29-11-10-26(38-2)20-28(27)29/h3,5,7,10-11,14,16,19-20,23-24,30,34H,4,6,8-9,12-13,15,17-18,21H2,1-2H3,(H,35,36)/t23?,24?,30-/m0/s1. The molecule has 0 aliphatic carbocycles. The summed E-state index contributed by atoms with van der Waals surface area (Å²) in [5.41, 5.74) is 2.98. The number of rotatable bonds is 13. The number of hydrogen-bond donors (Lipinski definition) is 2. The molecule has 4 rings (SSSR count). The van der Waals surface area contributed by atoms with E-state index in [4.69, 9.17) is 9.47 Å². The second kappa shape index (κ2) is 13.6. The Balaban J connectivity index is 1.34. The molecular weight excluding hydrogens is 480 g/mol. The van der Waals surface area contributed by atoms with E-state index >= 15 is 0 Å². The highest BCUT2D eigenvalue weighted by atomic mass is 16.5. The number of nitrogens with zero attached hydrogens (tertiary/aromatic N) is 2. The van der Waals surface area contributed by atoms with Crippen molar-refractivity contribution >= 4 is 16.9 Å². The molecular formula is C31H40N2O5. The number of ether oxygens (including phenoxy) is 2. The summed E-state index contributed by atoms with van der Waals surface area (Å²) in [5, 5.41) is 21.4. The van der Waals surface area contributed by atoms with E-state index in [1.807, 2.05) is 36.4 Å². The normalized spacial score (nSPS) is 18.8. The van der Waals surface area contributed by atoms with Crippen LogP contribution in [-0.2, 0) is 11.2 Å². The van der Waals surface area contributed by atoms with Crippen molar-refractivity contribution in [2.75, 3.05) is 33.9 Å². The van der Waals surface area contributed by atoms with Crippen LogP contribution in [0.25, 0.3) is 10.9 Å². The fourth-order valence-corrected chi connectivity index (χ4v) is 5.80. The second-order valence-corrected chi connectivity index (χ2v) is 10.4. The molecule has 0 radical (unpaired) electrons. The first-order chi connectivity index (χ1) is 18.5. The largest absolute Gasteiger partial charge is 0.497 e. The van der Waals surface area contributed by atoms with Gasteiger partial charge in [0, 0.05) is 24.5 Å². The zero-order valence-electron chi connectivity index (χ0n) is 22.5. The van der Waals surface area contributed by atoms with Gasteiger partial charge in [0.15, 0.2) is 0 Å². The van der Waals surface area contributed by atoms with E-state index in [0.29, 0.717) is 24.7 Å². The minimum atomic E-state index is -0.740. The van der Waals surface area contributed by atoms with Crippen molar-refractivity contribution in [3.8, 4) is 11.5 Å². The predicted octanol–water partition coefficient (Wildman–Crippen LogP) is 5.50. The number of piperidine rings is 1. The number of hydrogen-bond acceptors (Lipinski definition) is 6. The van der Waals surface area contributed by atoms with Crippen LogP contribution in [0.5, 0.6) is 11.5 Å². The number of benzene rings is 2. The van der Waals surface area contributed by atoms with Crippen LogP contribution in [0.3, 0.4) is 0 Å². The Kier molecular flexibility index (Phi) is 9.96. The Morgan fingerprint density at radius 2 is 1.89 bits per heavy atom. The molecule has 0 bridgehead atoms. The molecule has 38 heavy (non-hydrogen) atoms. The molecule has 2 N–H and O–H groups in total. The maximum absolute atomic E-state index is 11.4. The highest BCUT2D eigenvalue weighted by molar-refractivity contribution is 5.83. The topological polar surface area (TPSA) is 92.1 Å². The van der Waals surface area contributed by atoms with E-state index in [-0.39, 0.29) is 6.42 Å². The SMILES string of the molecule is COc1cccc(CCCN2CCC(CC[C@H](O)c3ccnc4ccc(OC)cc34)C(CCC(=O)O)C2)c1. The summed E-state index contributed by atoms with van der Waals surface area (Å²) in [6, 6.07) is 15.8. The first-order valence-electron chi connectivity index (χ1n) is 13.6. The van der Waals surface area contributed by atoms with Gasteiger partial charge < -0.3 is 24.6 Å². The Hall–Kier alpha value is -3.16.